The average molecular weight is 308 g/mol. The lowest BCUT2D eigenvalue weighted by Gasteiger charge is -2.15. The molecule has 0 spiro atoms. The lowest BCUT2D eigenvalue weighted by molar-refractivity contribution is 0.291. The summed E-state index contributed by atoms with van der Waals surface area (Å²) < 4.78 is 7.78. The number of aromatic nitrogens is 2. The Morgan fingerprint density at radius 3 is 2.76 bits per heavy atom. The highest BCUT2D eigenvalue weighted by atomic mass is 35.5. The van der Waals surface area contributed by atoms with Crippen LogP contribution in [0.15, 0.2) is 24.3 Å². The summed E-state index contributed by atoms with van der Waals surface area (Å²) in [4.78, 5) is 0. The zero-order chi connectivity index (χ0) is 15.4. The molecular formula is C16H22ClN3O. The minimum atomic E-state index is 0.413. The number of benzene rings is 1. The van der Waals surface area contributed by atoms with Crippen molar-refractivity contribution in [1.82, 2.24) is 15.1 Å². The molecule has 0 fully saturated rings. The summed E-state index contributed by atoms with van der Waals surface area (Å²) in [7, 11) is 1.92. The Morgan fingerprint density at radius 1 is 1.38 bits per heavy atom. The van der Waals surface area contributed by atoms with Gasteiger partial charge in [-0.05, 0) is 19.1 Å². The number of nitrogens with one attached hydrogen (secondary N) is 1. The van der Waals surface area contributed by atoms with Crippen molar-refractivity contribution >= 4 is 11.6 Å². The van der Waals surface area contributed by atoms with Crippen LogP contribution in [0.2, 0.25) is 5.02 Å². The summed E-state index contributed by atoms with van der Waals surface area (Å²) in [5, 5.41) is 8.34. The summed E-state index contributed by atoms with van der Waals surface area (Å²) in [5.74, 6) is 0.742. The molecule has 1 N–H and O–H groups in total. The summed E-state index contributed by atoms with van der Waals surface area (Å²) in [6.07, 6.45) is 0. The van der Waals surface area contributed by atoms with E-state index in [0.717, 1.165) is 29.2 Å². The van der Waals surface area contributed by atoms with Crippen molar-refractivity contribution in [3.05, 3.63) is 46.2 Å². The van der Waals surface area contributed by atoms with Crippen molar-refractivity contribution in [3.8, 4) is 5.75 Å². The summed E-state index contributed by atoms with van der Waals surface area (Å²) in [6.45, 7) is 7.39. The van der Waals surface area contributed by atoms with Crippen LogP contribution >= 0.6 is 11.6 Å². The Morgan fingerprint density at radius 2 is 2.14 bits per heavy atom. The number of aryl methyl sites for hydroxylation is 2. The van der Waals surface area contributed by atoms with E-state index in [4.69, 9.17) is 16.3 Å². The average Bonchev–Trinajstić information content (AvgIpc) is 2.73. The van der Waals surface area contributed by atoms with Crippen molar-refractivity contribution in [3.63, 3.8) is 0 Å². The number of para-hydroxylation sites is 1. The molecule has 2 aromatic rings. The van der Waals surface area contributed by atoms with Crippen molar-refractivity contribution in [2.24, 2.45) is 7.05 Å². The van der Waals surface area contributed by atoms with Crippen LogP contribution in [0.1, 0.15) is 30.8 Å². The van der Waals surface area contributed by atoms with Gasteiger partial charge in [-0.1, -0.05) is 37.6 Å². The molecule has 0 saturated heterocycles. The first-order valence-electron chi connectivity index (χ1n) is 7.10. The Hall–Kier alpha value is -1.52. The SMILES string of the molecule is Cc1cc(COc2c(Cl)cccc2CNC(C)C)n(C)n1. The molecule has 4 nitrogen and oxygen atoms in total. The third kappa shape index (κ3) is 4.22. The molecule has 1 aromatic heterocycles. The maximum Gasteiger partial charge on any atom is 0.142 e. The fourth-order valence-corrected chi connectivity index (χ4v) is 2.36. The first-order chi connectivity index (χ1) is 9.97. The van der Waals surface area contributed by atoms with Gasteiger partial charge in [0, 0.05) is 25.2 Å². The molecule has 21 heavy (non-hydrogen) atoms. The van der Waals surface area contributed by atoms with Crippen molar-refractivity contribution in [2.45, 2.75) is 40.0 Å². The lowest BCUT2D eigenvalue weighted by atomic mass is 10.2. The van der Waals surface area contributed by atoms with Gasteiger partial charge in [-0.25, -0.2) is 0 Å². The third-order valence-corrected chi connectivity index (χ3v) is 3.51. The molecule has 1 aromatic carbocycles. The number of hydrogen-bond donors (Lipinski definition) is 1. The van der Waals surface area contributed by atoms with Crippen LogP contribution in [0.5, 0.6) is 5.75 Å². The van der Waals surface area contributed by atoms with Gasteiger partial charge < -0.3 is 10.1 Å². The molecule has 0 atom stereocenters. The van der Waals surface area contributed by atoms with Gasteiger partial charge in [-0.3, -0.25) is 4.68 Å². The van der Waals surface area contributed by atoms with Crippen molar-refractivity contribution < 1.29 is 4.74 Å². The zero-order valence-corrected chi connectivity index (χ0v) is 13.7. The van der Waals surface area contributed by atoms with Crippen LogP contribution in [0.3, 0.4) is 0 Å². The maximum atomic E-state index is 6.28. The van der Waals surface area contributed by atoms with Crippen molar-refractivity contribution in [2.75, 3.05) is 0 Å². The summed E-state index contributed by atoms with van der Waals surface area (Å²) >= 11 is 6.28. The Balaban J connectivity index is 2.13. The van der Waals surface area contributed by atoms with Crippen LogP contribution in [0, 0.1) is 6.92 Å². The standard InChI is InChI=1S/C16H22ClN3O/c1-11(2)18-9-13-6-5-7-15(17)16(13)21-10-14-8-12(3)19-20(14)4/h5-8,11,18H,9-10H2,1-4H3. The van der Waals surface area contributed by atoms with E-state index in [1.165, 1.54) is 0 Å². The highest BCUT2D eigenvalue weighted by Gasteiger charge is 2.10. The topological polar surface area (TPSA) is 39.1 Å². The summed E-state index contributed by atoms with van der Waals surface area (Å²) in [5.41, 5.74) is 3.07. The number of hydrogen-bond acceptors (Lipinski definition) is 3. The number of halogens is 1. The second kappa shape index (κ2) is 6.96. The summed E-state index contributed by atoms with van der Waals surface area (Å²) in [6, 6.07) is 8.26. The molecule has 0 aliphatic rings. The van der Waals surface area contributed by atoms with Gasteiger partial charge in [-0.15, -0.1) is 0 Å². The van der Waals surface area contributed by atoms with E-state index in [0.29, 0.717) is 17.7 Å². The van der Waals surface area contributed by atoms with E-state index in [1.807, 2.05) is 42.9 Å². The lowest BCUT2D eigenvalue weighted by Crippen LogP contribution is -2.22. The first kappa shape index (κ1) is 15.9. The predicted octanol–water partition coefficient (Wildman–Crippen LogP) is 3.46. The first-order valence-corrected chi connectivity index (χ1v) is 7.48. The van der Waals surface area contributed by atoms with E-state index in [-0.39, 0.29) is 0 Å². The molecule has 1 heterocycles. The molecule has 114 valence electrons. The fourth-order valence-electron chi connectivity index (χ4n) is 2.11. The molecule has 0 radical (unpaired) electrons. The molecule has 0 aliphatic carbocycles. The molecule has 0 unspecified atom stereocenters. The zero-order valence-electron chi connectivity index (χ0n) is 13.0. The molecule has 0 bridgehead atoms. The van der Waals surface area contributed by atoms with Crippen LogP contribution in [-0.4, -0.2) is 15.8 Å². The van der Waals surface area contributed by atoms with Crippen LogP contribution < -0.4 is 10.1 Å². The normalized spacial score (nSPS) is 11.1. The monoisotopic (exact) mass is 307 g/mol. The molecule has 0 saturated carbocycles. The molecule has 2 rings (SSSR count). The highest BCUT2D eigenvalue weighted by Crippen LogP contribution is 2.29. The molecule has 5 heteroatoms. The smallest absolute Gasteiger partial charge is 0.142 e. The van der Waals surface area contributed by atoms with Crippen LogP contribution in [-0.2, 0) is 20.2 Å². The van der Waals surface area contributed by atoms with Gasteiger partial charge in [0.2, 0.25) is 0 Å². The minimum absolute atomic E-state index is 0.413. The van der Waals surface area contributed by atoms with E-state index in [2.05, 4.69) is 24.3 Å². The van der Waals surface area contributed by atoms with Gasteiger partial charge in [0.25, 0.3) is 0 Å². The van der Waals surface area contributed by atoms with E-state index < -0.39 is 0 Å². The van der Waals surface area contributed by atoms with E-state index in [1.54, 1.807) is 0 Å². The van der Waals surface area contributed by atoms with E-state index in [9.17, 15) is 0 Å². The molecular weight excluding hydrogens is 286 g/mol. The predicted molar refractivity (Wildman–Crippen MR) is 85.7 cm³/mol. The second-order valence-corrected chi connectivity index (χ2v) is 5.86. The fraction of sp³-hybridized carbons (Fsp3) is 0.438. The second-order valence-electron chi connectivity index (χ2n) is 5.45. The Labute approximate surface area is 131 Å². The number of rotatable bonds is 6. The minimum Gasteiger partial charge on any atom is -0.485 e. The molecule has 0 amide bonds. The highest BCUT2D eigenvalue weighted by molar-refractivity contribution is 6.32. The molecule has 0 aliphatic heterocycles. The largest absolute Gasteiger partial charge is 0.485 e. The van der Waals surface area contributed by atoms with Crippen LogP contribution in [0.25, 0.3) is 0 Å². The Kier molecular flexibility index (Phi) is 5.26. The van der Waals surface area contributed by atoms with Gasteiger partial charge in [-0.2, -0.15) is 5.10 Å². The Bertz CT molecular complexity index is 608. The third-order valence-electron chi connectivity index (χ3n) is 3.21. The van der Waals surface area contributed by atoms with Gasteiger partial charge in [0.15, 0.2) is 0 Å². The van der Waals surface area contributed by atoms with Gasteiger partial charge >= 0.3 is 0 Å². The van der Waals surface area contributed by atoms with Gasteiger partial charge in [0.1, 0.15) is 12.4 Å². The number of ether oxygens (including phenoxy) is 1. The van der Waals surface area contributed by atoms with Gasteiger partial charge in [0.05, 0.1) is 16.4 Å². The quantitative estimate of drug-likeness (QED) is 0.888. The van der Waals surface area contributed by atoms with Crippen molar-refractivity contribution in [1.29, 1.82) is 0 Å². The van der Waals surface area contributed by atoms with E-state index >= 15 is 0 Å². The maximum absolute atomic E-state index is 6.28. The number of nitrogens with zero attached hydrogens (tertiary/aromatic N) is 2. The van der Waals surface area contributed by atoms with Crippen LogP contribution in [0.4, 0.5) is 0 Å².